The van der Waals surface area contributed by atoms with Crippen molar-refractivity contribution in [1.29, 1.82) is 5.26 Å². The monoisotopic (exact) mass is 521 g/mol. The van der Waals surface area contributed by atoms with E-state index >= 15 is 0 Å². The molecule has 2 aliphatic heterocycles. The van der Waals surface area contributed by atoms with Crippen LogP contribution in [0.15, 0.2) is 61.6 Å². The van der Waals surface area contributed by atoms with Gasteiger partial charge in [0, 0.05) is 71.9 Å². The zero-order valence-corrected chi connectivity index (χ0v) is 21.3. The quantitative estimate of drug-likeness (QED) is 0.379. The van der Waals surface area contributed by atoms with Crippen molar-refractivity contribution < 1.29 is 14.3 Å². The molecule has 10 heteroatoms. The lowest BCUT2D eigenvalue weighted by Gasteiger charge is -2.20. The van der Waals surface area contributed by atoms with Gasteiger partial charge in [0.15, 0.2) is 0 Å². The van der Waals surface area contributed by atoms with Crippen LogP contribution >= 0.6 is 0 Å². The summed E-state index contributed by atoms with van der Waals surface area (Å²) in [5.41, 5.74) is 3.91. The summed E-state index contributed by atoms with van der Waals surface area (Å²) < 4.78 is 5.67. The van der Waals surface area contributed by atoms with Crippen LogP contribution in [0.2, 0.25) is 0 Å². The van der Waals surface area contributed by atoms with E-state index in [1.54, 1.807) is 22.2 Å². The molecular weight excluding hydrogens is 494 g/mol. The number of nitriles is 1. The number of para-hydroxylation sites is 1. The largest absolute Gasteiger partial charge is 0.444 e. The summed E-state index contributed by atoms with van der Waals surface area (Å²) in [6, 6.07) is 12.2. The Kier molecular flexibility index (Phi) is 6.32. The van der Waals surface area contributed by atoms with Crippen LogP contribution in [0.25, 0.3) is 32.9 Å². The number of carbonyl (C=O) groups excluding carboxylic acids is 2. The molecule has 2 atom stereocenters. The van der Waals surface area contributed by atoms with Crippen molar-refractivity contribution in [2.24, 2.45) is 0 Å². The summed E-state index contributed by atoms with van der Waals surface area (Å²) in [5.74, 6) is 0.502. The van der Waals surface area contributed by atoms with Gasteiger partial charge in [-0.15, -0.1) is 0 Å². The molecule has 2 fully saturated rings. The number of nitrogens with one attached hydrogen (secondary N) is 2. The molecule has 3 aromatic heterocycles. The zero-order chi connectivity index (χ0) is 26.9. The molecule has 196 valence electrons. The molecule has 6 rings (SSSR count). The number of hydrogen-bond donors (Lipinski definition) is 2. The van der Waals surface area contributed by atoms with E-state index in [2.05, 4.69) is 32.9 Å². The third-order valence-corrected chi connectivity index (χ3v) is 7.43. The van der Waals surface area contributed by atoms with Crippen molar-refractivity contribution in [1.82, 2.24) is 24.8 Å². The molecular formula is C29H27N7O3. The number of carbonyl (C=O) groups is 2. The molecule has 2 amide bonds. The third-order valence-electron chi connectivity index (χ3n) is 7.43. The fourth-order valence-electron chi connectivity index (χ4n) is 5.45. The van der Waals surface area contributed by atoms with Gasteiger partial charge in [-0.2, -0.15) is 5.26 Å². The van der Waals surface area contributed by atoms with Gasteiger partial charge in [-0.25, -0.2) is 9.78 Å². The number of aromatic amines is 1. The molecule has 2 saturated heterocycles. The van der Waals surface area contributed by atoms with Crippen molar-refractivity contribution in [3.05, 3.63) is 67.1 Å². The smallest absolute Gasteiger partial charge is 0.410 e. The van der Waals surface area contributed by atoms with Crippen molar-refractivity contribution in [2.75, 3.05) is 31.5 Å². The second-order valence-electron chi connectivity index (χ2n) is 9.85. The molecule has 4 aromatic rings. The molecule has 1 aromatic carbocycles. The van der Waals surface area contributed by atoms with Crippen LogP contribution in [-0.2, 0) is 9.53 Å². The van der Waals surface area contributed by atoms with E-state index in [0.29, 0.717) is 49.5 Å². The molecule has 0 spiro atoms. The van der Waals surface area contributed by atoms with Gasteiger partial charge >= 0.3 is 6.09 Å². The molecule has 0 aliphatic carbocycles. The maximum atomic E-state index is 12.8. The van der Waals surface area contributed by atoms with Crippen LogP contribution in [0.1, 0.15) is 18.4 Å². The highest BCUT2D eigenvalue weighted by molar-refractivity contribution is 6.06. The van der Waals surface area contributed by atoms with E-state index in [-0.39, 0.29) is 24.1 Å². The number of benzene rings is 1. The van der Waals surface area contributed by atoms with E-state index in [1.165, 1.54) is 6.08 Å². The minimum atomic E-state index is -0.367. The normalized spacial score (nSPS) is 18.8. The predicted octanol–water partition coefficient (Wildman–Crippen LogP) is 4.06. The van der Waals surface area contributed by atoms with Gasteiger partial charge in [-0.1, -0.05) is 24.8 Å². The van der Waals surface area contributed by atoms with E-state index in [1.807, 2.05) is 36.5 Å². The highest BCUT2D eigenvalue weighted by atomic mass is 16.6. The van der Waals surface area contributed by atoms with Gasteiger partial charge in [0.1, 0.15) is 18.0 Å². The topological polar surface area (TPSA) is 127 Å². The fraction of sp³-hybridized carbons (Fsp3) is 0.276. The number of pyridine rings is 2. The lowest BCUT2D eigenvalue weighted by atomic mass is 9.97. The minimum absolute atomic E-state index is 0.00596. The van der Waals surface area contributed by atoms with Crippen LogP contribution in [0.3, 0.4) is 0 Å². The summed E-state index contributed by atoms with van der Waals surface area (Å²) in [5, 5.41) is 15.2. The molecule has 2 aliphatic rings. The Balaban J connectivity index is 1.19. The van der Waals surface area contributed by atoms with Gasteiger partial charge in [0.2, 0.25) is 5.91 Å². The van der Waals surface area contributed by atoms with Crippen molar-refractivity contribution in [3.8, 4) is 17.2 Å². The summed E-state index contributed by atoms with van der Waals surface area (Å²) >= 11 is 0. The summed E-state index contributed by atoms with van der Waals surface area (Å²) in [6.07, 6.45) is 7.19. The Hall–Kier alpha value is -4.91. The number of aromatic nitrogens is 3. The second-order valence-corrected chi connectivity index (χ2v) is 9.85. The molecule has 10 nitrogen and oxygen atoms in total. The van der Waals surface area contributed by atoms with Crippen LogP contribution in [0.4, 0.5) is 10.6 Å². The SMILES string of the molecule is C=CC(=O)N1CC[C@@H](OC(=O)N2CCC(Nc3cc4c(-c5c[nH]c6ccccc56)c(C#N)cnc4cn3)C2)C1. The molecule has 2 N–H and O–H groups in total. The first-order valence-electron chi connectivity index (χ1n) is 12.9. The van der Waals surface area contributed by atoms with E-state index in [9.17, 15) is 14.9 Å². The average molecular weight is 522 g/mol. The zero-order valence-electron chi connectivity index (χ0n) is 21.3. The lowest BCUT2D eigenvalue weighted by Crippen LogP contribution is -2.36. The number of fused-ring (bicyclic) bond motifs is 2. The first-order chi connectivity index (χ1) is 19.0. The highest BCUT2D eigenvalue weighted by Gasteiger charge is 2.32. The van der Waals surface area contributed by atoms with Crippen LogP contribution in [0.5, 0.6) is 0 Å². The van der Waals surface area contributed by atoms with Crippen molar-refractivity contribution in [3.63, 3.8) is 0 Å². The van der Waals surface area contributed by atoms with E-state index in [4.69, 9.17) is 4.74 Å². The van der Waals surface area contributed by atoms with Gasteiger partial charge in [-0.05, 0) is 24.6 Å². The number of hydrogen-bond acceptors (Lipinski definition) is 7. The fourth-order valence-corrected chi connectivity index (χ4v) is 5.45. The first kappa shape index (κ1) is 24.4. The number of H-pyrrole nitrogens is 1. The van der Waals surface area contributed by atoms with Crippen LogP contribution in [-0.4, -0.2) is 75.1 Å². The van der Waals surface area contributed by atoms with Gasteiger partial charge in [0.25, 0.3) is 0 Å². The molecule has 39 heavy (non-hydrogen) atoms. The third kappa shape index (κ3) is 4.63. The number of ether oxygens (including phenoxy) is 1. The Labute approximate surface area is 224 Å². The minimum Gasteiger partial charge on any atom is -0.444 e. The van der Waals surface area contributed by atoms with Crippen LogP contribution < -0.4 is 5.32 Å². The Morgan fingerprint density at radius 3 is 2.82 bits per heavy atom. The highest BCUT2D eigenvalue weighted by Crippen LogP contribution is 2.36. The van der Waals surface area contributed by atoms with Crippen molar-refractivity contribution >= 4 is 39.6 Å². The maximum Gasteiger partial charge on any atom is 0.410 e. The lowest BCUT2D eigenvalue weighted by molar-refractivity contribution is -0.125. The molecule has 1 unspecified atom stereocenters. The number of anilines is 1. The Morgan fingerprint density at radius 1 is 1.13 bits per heavy atom. The maximum absolute atomic E-state index is 12.8. The molecule has 0 bridgehead atoms. The summed E-state index contributed by atoms with van der Waals surface area (Å²) in [4.78, 5) is 40.2. The number of rotatable bonds is 5. The summed E-state index contributed by atoms with van der Waals surface area (Å²) in [6.45, 7) is 5.51. The number of likely N-dealkylation sites (tertiary alicyclic amines) is 2. The molecule has 0 radical (unpaired) electrons. The second kappa shape index (κ2) is 10.1. The number of nitrogens with zero attached hydrogens (tertiary/aromatic N) is 5. The van der Waals surface area contributed by atoms with Crippen molar-refractivity contribution in [2.45, 2.75) is 25.0 Å². The molecule has 0 saturated carbocycles. The molecule has 5 heterocycles. The van der Waals surface area contributed by atoms with E-state index in [0.717, 1.165) is 33.8 Å². The van der Waals surface area contributed by atoms with Gasteiger partial charge < -0.3 is 24.8 Å². The predicted molar refractivity (Wildman–Crippen MR) is 147 cm³/mol. The Bertz CT molecular complexity index is 1640. The summed E-state index contributed by atoms with van der Waals surface area (Å²) in [7, 11) is 0. The Morgan fingerprint density at radius 2 is 1.97 bits per heavy atom. The van der Waals surface area contributed by atoms with Gasteiger partial charge in [0.05, 0.1) is 23.8 Å². The average Bonchev–Trinajstić information content (AvgIpc) is 3.72. The van der Waals surface area contributed by atoms with Crippen LogP contribution in [0, 0.1) is 11.3 Å². The first-order valence-corrected chi connectivity index (χ1v) is 12.9. The van der Waals surface area contributed by atoms with E-state index < -0.39 is 0 Å². The van der Waals surface area contributed by atoms with Gasteiger partial charge in [-0.3, -0.25) is 9.78 Å². The number of amides is 2. The standard InChI is InChI=1S/C29H27N7O3/c1-2-27(37)35-10-8-20(17-35)39-29(38)36-9-7-19(16-36)34-26-11-22-25(15-33-26)31-13-18(12-30)28(22)23-14-32-24-6-4-3-5-21(23)24/h2-6,11,13-15,19-20,32H,1,7-10,16-17H2,(H,33,34)/t19?,20-/m1/s1.